The summed E-state index contributed by atoms with van der Waals surface area (Å²) in [5, 5.41) is 17.7. The average molecular weight is 447 g/mol. The summed E-state index contributed by atoms with van der Waals surface area (Å²) in [7, 11) is 0. The van der Waals surface area contributed by atoms with Crippen LogP contribution in [-0.2, 0) is 11.3 Å². The number of alkyl halides is 3. The van der Waals surface area contributed by atoms with Crippen molar-refractivity contribution < 1.29 is 27.8 Å². The van der Waals surface area contributed by atoms with Gasteiger partial charge >= 0.3 is 12.3 Å². The minimum absolute atomic E-state index is 0.349. The van der Waals surface area contributed by atoms with E-state index < -0.39 is 12.3 Å². The molecule has 3 heterocycles. The van der Waals surface area contributed by atoms with E-state index in [0.29, 0.717) is 49.6 Å². The molecule has 1 saturated heterocycles. The average Bonchev–Trinajstić information content (AvgIpc) is 3.17. The number of nitrogens with zero attached hydrogens (tertiary/aromatic N) is 5. The van der Waals surface area contributed by atoms with E-state index in [-0.39, 0.29) is 11.7 Å². The number of likely N-dealkylation sites (tertiary alicyclic amines) is 1. The van der Waals surface area contributed by atoms with Gasteiger partial charge in [-0.2, -0.15) is 0 Å². The molecular weight excluding hydrogens is 427 g/mol. The highest BCUT2D eigenvalue weighted by Crippen LogP contribution is 2.30. The van der Waals surface area contributed by atoms with Crippen molar-refractivity contribution in [3.63, 3.8) is 0 Å². The number of hydrogen-bond acceptors (Lipinski definition) is 6. The van der Waals surface area contributed by atoms with Gasteiger partial charge in [-0.05, 0) is 50.2 Å². The molecule has 11 heteroatoms. The third-order valence-electron chi connectivity index (χ3n) is 5.30. The largest absolute Gasteiger partial charge is 0.573 e. The summed E-state index contributed by atoms with van der Waals surface area (Å²) in [5.41, 5.74) is 2.37. The molecule has 0 spiro atoms. The summed E-state index contributed by atoms with van der Waals surface area (Å²) in [6.07, 6.45) is -0.492. The van der Waals surface area contributed by atoms with Crippen molar-refractivity contribution in [2.24, 2.45) is 5.92 Å². The molecule has 0 atom stereocenters. The van der Waals surface area contributed by atoms with Crippen LogP contribution in [0.4, 0.5) is 13.2 Å². The van der Waals surface area contributed by atoms with Crippen LogP contribution in [0, 0.1) is 5.92 Å². The summed E-state index contributed by atoms with van der Waals surface area (Å²) in [4.78, 5) is 17.3. The second kappa shape index (κ2) is 8.95. The summed E-state index contributed by atoms with van der Waals surface area (Å²) in [6, 6.07) is 9.06. The quantitative estimate of drug-likeness (QED) is 0.618. The number of carboxylic acid groups (broad SMARTS) is 1. The molecule has 32 heavy (non-hydrogen) atoms. The summed E-state index contributed by atoms with van der Waals surface area (Å²) in [5.74, 6) is -1.49. The van der Waals surface area contributed by atoms with Crippen LogP contribution >= 0.6 is 0 Å². The Labute approximate surface area is 181 Å². The number of benzene rings is 1. The summed E-state index contributed by atoms with van der Waals surface area (Å²) >= 11 is 0. The number of halogens is 3. The predicted molar refractivity (Wildman–Crippen MR) is 107 cm³/mol. The fraction of sp³-hybridized carbons (Fsp3) is 0.333. The van der Waals surface area contributed by atoms with Crippen LogP contribution in [0.1, 0.15) is 18.5 Å². The van der Waals surface area contributed by atoms with Crippen LogP contribution in [0.2, 0.25) is 0 Å². The van der Waals surface area contributed by atoms with Crippen molar-refractivity contribution in [3.8, 4) is 22.7 Å². The Morgan fingerprint density at radius 2 is 1.88 bits per heavy atom. The first kappa shape index (κ1) is 21.8. The molecule has 4 rings (SSSR count). The number of aromatic nitrogens is 4. The van der Waals surface area contributed by atoms with E-state index in [1.165, 1.54) is 22.9 Å². The third-order valence-corrected chi connectivity index (χ3v) is 5.30. The Bertz CT molecular complexity index is 1080. The lowest BCUT2D eigenvalue weighted by Crippen LogP contribution is -2.36. The molecule has 0 saturated carbocycles. The van der Waals surface area contributed by atoms with Gasteiger partial charge in [-0.25, -0.2) is 4.68 Å². The zero-order valence-electron chi connectivity index (χ0n) is 16.9. The molecule has 1 N–H and O–H groups in total. The van der Waals surface area contributed by atoms with E-state index in [1.54, 1.807) is 30.6 Å². The van der Waals surface area contributed by atoms with E-state index >= 15 is 0 Å². The van der Waals surface area contributed by atoms with Gasteiger partial charge in [-0.1, -0.05) is 11.3 Å². The van der Waals surface area contributed by atoms with Gasteiger partial charge in [-0.15, -0.1) is 18.3 Å². The standard InChI is InChI=1S/C21H20F3N5O3/c22-21(23,24)32-17-3-1-2-16(12-17)29-19(14-4-8-25-9-5-14)18(26-27-29)13-28-10-6-15(7-11-28)20(30)31/h1-5,8-9,12,15H,6-7,10-11,13H2,(H,30,31). The number of ether oxygens (including phenoxy) is 1. The Balaban J connectivity index is 1.65. The molecule has 1 aliphatic heterocycles. The van der Waals surface area contributed by atoms with E-state index in [9.17, 15) is 23.1 Å². The molecule has 3 aromatic rings. The van der Waals surface area contributed by atoms with Crippen LogP contribution in [-0.4, -0.2) is 55.4 Å². The Hall–Kier alpha value is -3.47. The smallest absolute Gasteiger partial charge is 0.481 e. The van der Waals surface area contributed by atoms with Crippen molar-refractivity contribution in [1.29, 1.82) is 0 Å². The Morgan fingerprint density at radius 1 is 1.16 bits per heavy atom. The maximum atomic E-state index is 12.7. The monoisotopic (exact) mass is 447 g/mol. The van der Waals surface area contributed by atoms with Crippen molar-refractivity contribution in [2.75, 3.05) is 13.1 Å². The third kappa shape index (κ3) is 5.05. The summed E-state index contributed by atoms with van der Waals surface area (Å²) in [6.45, 7) is 1.64. The molecule has 168 valence electrons. The predicted octanol–water partition coefficient (Wildman–Crippen LogP) is 3.52. The normalized spacial score (nSPS) is 15.6. The first-order chi connectivity index (χ1) is 15.3. The molecule has 8 nitrogen and oxygen atoms in total. The number of piperidine rings is 1. The van der Waals surface area contributed by atoms with Crippen molar-refractivity contribution in [3.05, 3.63) is 54.5 Å². The molecule has 0 amide bonds. The maximum absolute atomic E-state index is 12.7. The fourth-order valence-corrected chi connectivity index (χ4v) is 3.76. The van der Waals surface area contributed by atoms with E-state index in [4.69, 9.17) is 0 Å². The van der Waals surface area contributed by atoms with Gasteiger partial charge in [0.05, 0.1) is 17.3 Å². The van der Waals surface area contributed by atoms with Crippen molar-refractivity contribution >= 4 is 5.97 Å². The highest BCUT2D eigenvalue weighted by molar-refractivity contribution is 5.70. The lowest BCUT2D eigenvalue weighted by molar-refractivity contribution is -0.274. The number of rotatable bonds is 6. The molecule has 0 bridgehead atoms. The highest BCUT2D eigenvalue weighted by atomic mass is 19.4. The SMILES string of the molecule is O=C(O)C1CCN(Cc2nnn(-c3cccc(OC(F)(F)F)c3)c2-c2ccncc2)CC1. The number of aliphatic carboxylic acids is 1. The van der Waals surface area contributed by atoms with Gasteiger partial charge in [0.1, 0.15) is 11.4 Å². The molecule has 2 aromatic heterocycles. The zero-order valence-corrected chi connectivity index (χ0v) is 16.9. The Kier molecular flexibility index (Phi) is 6.08. The molecule has 1 aliphatic rings. The summed E-state index contributed by atoms with van der Waals surface area (Å²) < 4.78 is 43.5. The second-order valence-corrected chi connectivity index (χ2v) is 7.47. The molecular formula is C21H20F3N5O3. The van der Waals surface area contributed by atoms with Gasteiger partial charge in [0.2, 0.25) is 0 Å². The number of carboxylic acids is 1. The molecule has 0 aliphatic carbocycles. The van der Waals surface area contributed by atoms with Gasteiger partial charge in [0, 0.05) is 30.6 Å². The van der Waals surface area contributed by atoms with E-state index in [0.717, 1.165) is 5.56 Å². The Morgan fingerprint density at radius 3 is 2.53 bits per heavy atom. The first-order valence-electron chi connectivity index (χ1n) is 9.96. The molecule has 1 aromatic carbocycles. The number of carbonyl (C=O) groups is 1. The van der Waals surface area contributed by atoms with Crippen LogP contribution in [0.15, 0.2) is 48.8 Å². The van der Waals surface area contributed by atoms with Gasteiger partial charge in [-0.3, -0.25) is 14.7 Å². The second-order valence-electron chi connectivity index (χ2n) is 7.47. The molecule has 0 radical (unpaired) electrons. The maximum Gasteiger partial charge on any atom is 0.573 e. The minimum Gasteiger partial charge on any atom is -0.481 e. The van der Waals surface area contributed by atoms with Crippen molar-refractivity contribution in [1.82, 2.24) is 24.9 Å². The lowest BCUT2D eigenvalue weighted by Gasteiger charge is -2.29. The highest BCUT2D eigenvalue weighted by Gasteiger charge is 2.31. The van der Waals surface area contributed by atoms with E-state index in [2.05, 4.69) is 24.9 Å². The number of hydrogen-bond donors (Lipinski definition) is 1. The van der Waals surface area contributed by atoms with Gasteiger partial charge < -0.3 is 9.84 Å². The van der Waals surface area contributed by atoms with Crippen LogP contribution in [0.5, 0.6) is 5.75 Å². The van der Waals surface area contributed by atoms with E-state index in [1.807, 2.05) is 0 Å². The van der Waals surface area contributed by atoms with Crippen LogP contribution in [0.3, 0.4) is 0 Å². The van der Waals surface area contributed by atoms with Crippen molar-refractivity contribution in [2.45, 2.75) is 25.7 Å². The minimum atomic E-state index is -4.80. The first-order valence-corrected chi connectivity index (χ1v) is 9.96. The fourth-order valence-electron chi connectivity index (χ4n) is 3.76. The molecule has 1 fully saturated rings. The molecule has 0 unspecified atom stereocenters. The van der Waals surface area contributed by atoms with Gasteiger partial charge in [0.25, 0.3) is 0 Å². The number of pyridine rings is 1. The van der Waals surface area contributed by atoms with Crippen LogP contribution < -0.4 is 4.74 Å². The van der Waals surface area contributed by atoms with Crippen LogP contribution in [0.25, 0.3) is 16.9 Å². The topological polar surface area (TPSA) is 93.4 Å². The van der Waals surface area contributed by atoms with Gasteiger partial charge in [0.15, 0.2) is 0 Å². The lowest BCUT2D eigenvalue weighted by atomic mass is 9.97. The zero-order chi connectivity index (χ0) is 22.7.